The Morgan fingerprint density at radius 2 is 1.89 bits per heavy atom. The number of nitrogens with two attached hydrogens (primary N) is 1. The van der Waals surface area contributed by atoms with Crippen LogP contribution in [0.4, 0.5) is 0 Å². The molecule has 18 heavy (non-hydrogen) atoms. The highest BCUT2D eigenvalue weighted by Crippen LogP contribution is 2.16. The van der Waals surface area contributed by atoms with E-state index in [2.05, 4.69) is 4.72 Å². The second-order valence-corrected chi connectivity index (χ2v) is 5.58. The van der Waals surface area contributed by atoms with Gasteiger partial charge in [-0.25, -0.2) is 13.1 Å². The van der Waals surface area contributed by atoms with Crippen LogP contribution in [0.15, 0.2) is 29.2 Å². The molecule has 0 bridgehead atoms. The van der Waals surface area contributed by atoms with Crippen LogP contribution in [-0.4, -0.2) is 27.6 Å². The van der Waals surface area contributed by atoms with Crippen molar-refractivity contribution >= 4 is 10.0 Å². The van der Waals surface area contributed by atoms with Gasteiger partial charge in [0.2, 0.25) is 10.0 Å². The average molecular weight is 272 g/mol. The minimum absolute atomic E-state index is 0.220. The van der Waals surface area contributed by atoms with Crippen molar-refractivity contribution in [1.29, 1.82) is 0 Å². The first-order valence-corrected chi connectivity index (χ1v) is 7.47. The lowest BCUT2D eigenvalue weighted by molar-refractivity contribution is 0.340. The third-order valence-electron chi connectivity index (χ3n) is 2.54. The van der Waals surface area contributed by atoms with E-state index in [1.54, 1.807) is 12.1 Å². The highest BCUT2D eigenvalue weighted by molar-refractivity contribution is 7.89. The van der Waals surface area contributed by atoms with Crippen LogP contribution in [0.2, 0.25) is 0 Å². The van der Waals surface area contributed by atoms with E-state index in [9.17, 15) is 8.42 Å². The summed E-state index contributed by atoms with van der Waals surface area (Å²) in [5.74, 6) is 0.655. The Morgan fingerprint density at radius 3 is 2.33 bits per heavy atom. The van der Waals surface area contributed by atoms with Gasteiger partial charge in [0.15, 0.2) is 0 Å². The molecule has 5 nitrogen and oxygen atoms in total. The number of benzene rings is 1. The van der Waals surface area contributed by atoms with E-state index in [1.165, 1.54) is 12.1 Å². The van der Waals surface area contributed by atoms with Gasteiger partial charge in [-0.05, 0) is 37.6 Å². The fourth-order valence-electron chi connectivity index (χ4n) is 1.47. The molecule has 0 aromatic heterocycles. The first kappa shape index (κ1) is 14.9. The van der Waals surface area contributed by atoms with Crippen molar-refractivity contribution < 1.29 is 13.2 Å². The minimum Gasteiger partial charge on any atom is -0.494 e. The van der Waals surface area contributed by atoms with Gasteiger partial charge in [-0.15, -0.1) is 0 Å². The number of rotatable bonds is 7. The fraction of sp³-hybridized carbons (Fsp3) is 0.500. The third kappa shape index (κ3) is 3.97. The van der Waals surface area contributed by atoms with Gasteiger partial charge in [0.05, 0.1) is 11.5 Å². The minimum atomic E-state index is -3.50. The molecule has 1 aromatic carbocycles. The Labute approximate surface area is 108 Å². The highest BCUT2D eigenvalue weighted by Gasteiger charge is 2.17. The molecule has 0 spiro atoms. The van der Waals surface area contributed by atoms with Crippen LogP contribution in [0.5, 0.6) is 5.75 Å². The van der Waals surface area contributed by atoms with Crippen LogP contribution in [0, 0.1) is 0 Å². The summed E-state index contributed by atoms with van der Waals surface area (Å²) < 4.78 is 31.9. The second kappa shape index (κ2) is 6.72. The summed E-state index contributed by atoms with van der Waals surface area (Å²) >= 11 is 0. The molecular weight excluding hydrogens is 252 g/mol. The van der Waals surface area contributed by atoms with E-state index >= 15 is 0 Å². The molecule has 1 rings (SSSR count). The molecular formula is C12H20N2O3S. The third-order valence-corrected chi connectivity index (χ3v) is 4.08. The van der Waals surface area contributed by atoms with Crippen LogP contribution in [0.3, 0.4) is 0 Å². The summed E-state index contributed by atoms with van der Waals surface area (Å²) in [5, 5.41) is 0. The van der Waals surface area contributed by atoms with Crippen molar-refractivity contribution in [2.45, 2.75) is 31.2 Å². The maximum Gasteiger partial charge on any atom is 0.240 e. The van der Waals surface area contributed by atoms with Crippen LogP contribution >= 0.6 is 0 Å². The van der Waals surface area contributed by atoms with Gasteiger partial charge >= 0.3 is 0 Å². The Kier molecular flexibility index (Phi) is 5.58. The predicted octanol–water partition coefficient (Wildman–Crippen LogP) is 1.10. The van der Waals surface area contributed by atoms with Crippen molar-refractivity contribution in [3.8, 4) is 5.75 Å². The molecule has 0 fully saturated rings. The largest absolute Gasteiger partial charge is 0.494 e. The first-order valence-electron chi connectivity index (χ1n) is 5.98. The molecule has 0 saturated heterocycles. The van der Waals surface area contributed by atoms with E-state index in [0.717, 1.165) is 0 Å². The normalized spacial score (nSPS) is 13.3. The van der Waals surface area contributed by atoms with Gasteiger partial charge in [0.1, 0.15) is 5.75 Å². The molecule has 3 N–H and O–H groups in total. The van der Waals surface area contributed by atoms with Crippen LogP contribution in [0.1, 0.15) is 20.3 Å². The summed E-state index contributed by atoms with van der Waals surface area (Å²) in [6.45, 7) is 4.60. The van der Waals surface area contributed by atoms with E-state index in [4.69, 9.17) is 10.5 Å². The summed E-state index contributed by atoms with van der Waals surface area (Å²) in [5.41, 5.74) is 5.49. The molecule has 1 aromatic rings. The fourth-order valence-corrected chi connectivity index (χ4v) is 2.80. The Morgan fingerprint density at radius 1 is 1.28 bits per heavy atom. The summed E-state index contributed by atoms with van der Waals surface area (Å²) in [7, 11) is -3.50. The molecule has 1 atom stereocenters. The molecule has 102 valence electrons. The second-order valence-electron chi connectivity index (χ2n) is 3.87. The monoisotopic (exact) mass is 272 g/mol. The van der Waals surface area contributed by atoms with Crippen LogP contribution in [0.25, 0.3) is 0 Å². The molecule has 0 amide bonds. The number of ether oxygens (including phenoxy) is 1. The van der Waals surface area contributed by atoms with Gasteiger partial charge in [0, 0.05) is 12.6 Å². The smallest absolute Gasteiger partial charge is 0.240 e. The Hall–Kier alpha value is -1.11. The quantitative estimate of drug-likeness (QED) is 0.779. The SMILES string of the molecule is CCOc1ccc(S(=O)(=O)NC(CC)CN)cc1. The zero-order valence-corrected chi connectivity index (χ0v) is 11.5. The highest BCUT2D eigenvalue weighted by atomic mass is 32.2. The van der Waals surface area contributed by atoms with Gasteiger partial charge in [0.25, 0.3) is 0 Å². The predicted molar refractivity (Wildman–Crippen MR) is 71.1 cm³/mol. The standard InChI is InChI=1S/C12H20N2O3S/c1-3-10(9-13)14-18(15,16)12-7-5-11(6-8-12)17-4-2/h5-8,10,14H,3-4,9,13H2,1-2H3. The maximum absolute atomic E-state index is 12.0. The van der Waals surface area contributed by atoms with Crippen LogP contribution < -0.4 is 15.2 Å². The number of hydrogen-bond donors (Lipinski definition) is 2. The topological polar surface area (TPSA) is 81.4 Å². The lowest BCUT2D eigenvalue weighted by Gasteiger charge is -2.15. The average Bonchev–Trinajstić information content (AvgIpc) is 2.37. The van der Waals surface area contributed by atoms with Crippen LogP contribution in [-0.2, 0) is 10.0 Å². The van der Waals surface area contributed by atoms with E-state index in [0.29, 0.717) is 18.8 Å². The van der Waals surface area contributed by atoms with Crippen molar-refractivity contribution in [2.75, 3.05) is 13.2 Å². The zero-order valence-electron chi connectivity index (χ0n) is 10.7. The maximum atomic E-state index is 12.0. The number of sulfonamides is 1. The molecule has 0 aliphatic carbocycles. The molecule has 0 aliphatic heterocycles. The number of nitrogens with one attached hydrogen (secondary N) is 1. The Bertz CT molecular complexity index is 453. The summed E-state index contributed by atoms with van der Waals surface area (Å²) in [4.78, 5) is 0.220. The van der Waals surface area contributed by atoms with Gasteiger partial charge < -0.3 is 10.5 Å². The molecule has 0 radical (unpaired) electrons. The molecule has 0 heterocycles. The molecule has 0 aliphatic rings. The zero-order chi connectivity index (χ0) is 13.6. The number of hydrogen-bond acceptors (Lipinski definition) is 4. The first-order chi connectivity index (χ1) is 8.53. The lowest BCUT2D eigenvalue weighted by Crippen LogP contribution is -2.39. The van der Waals surface area contributed by atoms with Crippen molar-refractivity contribution in [3.05, 3.63) is 24.3 Å². The summed E-state index contributed by atoms with van der Waals surface area (Å²) in [6.07, 6.45) is 0.659. The van der Waals surface area contributed by atoms with E-state index in [1.807, 2.05) is 13.8 Å². The molecule has 0 saturated carbocycles. The molecule has 6 heteroatoms. The van der Waals surface area contributed by atoms with Crippen molar-refractivity contribution in [3.63, 3.8) is 0 Å². The van der Waals surface area contributed by atoms with Gasteiger partial charge in [-0.2, -0.15) is 0 Å². The van der Waals surface area contributed by atoms with Gasteiger partial charge in [-0.1, -0.05) is 6.92 Å². The van der Waals surface area contributed by atoms with Crippen molar-refractivity contribution in [2.24, 2.45) is 5.73 Å². The van der Waals surface area contributed by atoms with Gasteiger partial charge in [-0.3, -0.25) is 0 Å². The molecule has 1 unspecified atom stereocenters. The lowest BCUT2D eigenvalue weighted by atomic mass is 10.2. The van der Waals surface area contributed by atoms with E-state index < -0.39 is 10.0 Å². The van der Waals surface area contributed by atoms with Crippen molar-refractivity contribution in [1.82, 2.24) is 4.72 Å². The Balaban J connectivity index is 2.84. The summed E-state index contributed by atoms with van der Waals surface area (Å²) in [6, 6.07) is 6.09. The van der Waals surface area contributed by atoms with E-state index in [-0.39, 0.29) is 17.5 Å².